The van der Waals surface area contributed by atoms with Crippen LogP contribution in [0.1, 0.15) is 38.9 Å². The Morgan fingerprint density at radius 3 is 2.50 bits per heavy atom. The van der Waals surface area contributed by atoms with E-state index in [0.29, 0.717) is 41.5 Å². The fourth-order valence-corrected chi connectivity index (χ4v) is 5.07. The van der Waals surface area contributed by atoms with Gasteiger partial charge in [0, 0.05) is 22.7 Å². The molecule has 6 nitrogen and oxygen atoms in total. The molecule has 4 aromatic rings. The Labute approximate surface area is 213 Å². The van der Waals surface area contributed by atoms with Crippen molar-refractivity contribution in [3.05, 3.63) is 99.5 Å². The molecular formula is C28H24ClFN2O4. The summed E-state index contributed by atoms with van der Waals surface area (Å²) in [6, 6.07) is 16.7. The topological polar surface area (TPSA) is 64.8 Å². The number of halogens is 2. The van der Waals surface area contributed by atoms with Crippen molar-refractivity contribution in [3.8, 4) is 22.8 Å². The number of aryl methyl sites for hydroxylation is 1. The van der Waals surface area contributed by atoms with Crippen LogP contribution in [0, 0.1) is 12.7 Å². The van der Waals surface area contributed by atoms with Crippen molar-refractivity contribution < 1.29 is 23.2 Å². The average Bonchev–Trinajstić information content (AvgIpc) is 3.29. The number of carbonyl (C=O) groups is 1. The number of benzene rings is 3. The maximum absolute atomic E-state index is 15.4. The fraction of sp³-hybridized carbons (Fsp3) is 0.214. The quantitative estimate of drug-likeness (QED) is 0.320. The van der Waals surface area contributed by atoms with Gasteiger partial charge in [-0.15, -0.1) is 0 Å². The number of fused-ring (bicyclic) bond motifs is 1. The van der Waals surface area contributed by atoms with Gasteiger partial charge >= 0.3 is 0 Å². The van der Waals surface area contributed by atoms with E-state index in [0.717, 1.165) is 16.7 Å². The molecule has 184 valence electrons. The van der Waals surface area contributed by atoms with Gasteiger partial charge in [0.1, 0.15) is 22.8 Å². The highest BCUT2D eigenvalue weighted by Gasteiger charge is 2.38. The predicted molar refractivity (Wildman–Crippen MR) is 134 cm³/mol. The number of methoxy groups -OCH3 is 2. The standard InChI is InChI=1S/C28H24ClFN2O4/c1-16-24(26(31-36-16)17-8-5-4-6-9-17)28(33)32-13-12-18-14-22(34-2)23(35-3)15-19(18)27(32)25-20(29)10-7-11-21(25)30/h4-11,14-15,27H,12-13H2,1-3H3. The van der Waals surface area contributed by atoms with Gasteiger partial charge in [0.15, 0.2) is 11.5 Å². The fourth-order valence-electron chi connectivity index (χ4n) is 4.81. The second-order valence-electron chi connectivity index (χ2n) is 8.52. The Kier molecular flexibility index (Phi) is 6.41. The number of amides is 1. The summed E-state index contributed by atoms with van der Waals surface area (Å²) in [6.07, 6.45) is 0.537. The van der Waals surface area contributed by atoms with Crippen LogP contribution < -0.4 is 9.47 Å². The first-order valence-electron chi connectivity index (χ1n) is 11.5. The van der Waals surface area contributed by atoms with E-state index in [2.05, 4.69) is 5.16 Å². The van der Waals surface area contributed by atoms with Crippen LogP contribution in [0.2, 0.25) is 5.02 Å². The molecule has 3 aromatic carbocycles. The first-order valence-corrected chi connectivity index (χ1v) is 11.8. The van der Waals surface area contributed by atoms with E-state index in [4.69, 9.17) is 25.6 Å². The van der Waals surface area contributed by atoms with Gasteiger partial charge in [-0.05, 0) is 48.7 Å². The van der Waals surface area contributed by atoms with Crippen LogP contribution in [0.3, 0.4) is 0 Å². The summed E-state index contributed by atoms with van der Waals surface area (Å²) in [6.45, 7) is 2.03. The molecule has 0 saturated heterocycles. The molecule has 0 bridgehead atoms. The Balaban J connectivity index is 1.70. The minimum absolute atomic E-state index is 0.219. The molecule has 36 heavy (non-hydrogen) atoms. The third kappa shape index (κ3) is 3.99. The average molecular weight is 507 g/mol. The zero-order valence-electron chi connectivity index (χ0n) is 20.0. The second kappa shape index (κ2) is 9.66. The Bertz CT molecular complexity index is 1420. The van der Waals surface area contributed by atoms with Gasteiger partial charge in [-0.3, -0.25) is 4.79 Å². The molecule has 1 aromatic heterocycles. The van der Waals surface area contributed by atoms with Crippen LogP contribution in [0.5, 0.6) is 11.5 Å². The van der Waals surface area contributed by atoms with Crippen molar-refractivity contribution >= 4 is 17.5 Å². The molecule has 0 aliphatic carbocycles. The van der Waals surface area contributed by atoms with Crippen LogP contribution in [0.25, 0.3) is 11.3 Å². The monoisotopic (exact) mass is 506 g/mol. The first-order chi connectivity index (χ1) is 17.4. The van der Waals surface area contributed by atoms with Gasteiger partial charge in [-0.25, -0.2) is 4.39 Å². The van der Waals surface area contributed by atoms with Gasteiger partial charge in [-0.2, -0.15) is 0 Å². The van der Waals surface area contributed by atoms with E-state index in [-0.39, 0.29) is 16.5 Å². The van der Waals surface area contributed by atoms with E-state index in [1.807, 2.05) is 36.4 Å². The lowest BCUT2D eigenvalue weighted by molar-refractivity contribution is 0.0690. The van der Waals surface area contributed by atoms with Crippen molar-refractivity contribution in [2.45, 2.75) is 19.4 Å². The van der Waals surface area contributed by atoms with E-state index in [1.54, 1.807) is 37.1 Å². The molecule has 8 heteroatoms. The van der Waals surface area contributed by atoms with Crippen molar-refractivity contribution in [2.75, 3.05) is 20.8 Å². The number of ether oxygens (including phenoxy) is 2. The normalized spacial score (nSPS) is 14.9. The Morgan fingerprint density at radius 2 is 1.81 bits per heavy atom. The Hall–Kier alpha value is -3.84. The summed E-state index contributed by atoms with van der Waals surface area (Å²) in [4.78, 5) is 15.8. The van der Waals surface area contributed by atoms with E-state index >= 15 is 4.39 Å². The van der Waals surface area contributed by atoms with Gasteiger partial charge in [0.2, 0.25) is 0 Å². The maximum Gasteiger partial charge on any atom is 0.260 e. The molecule has 0 radical (unpaired) electrons. The summed E-state index contributed by atoms with van der Waals surface area (Å²) in [5.74, 6) is 0.607. The van der Waals surface area contributed by atoms with Crippen LogP contribution in [0.4, 0.5) is 4.39 Å². The highest BCUT2D eigenvalue weighted by Crippen LogP contribution is 2.44. The first kappa shape index (κ1) is 23.9. The molecular weight excluding hydrogens is 483 g/mol. The van der Waals surface area contributed by atoms with Crippen LogP contribution in [-0.2, 0) is 6.42 Å². The maximum atomic E-state index is 15.4. The zero-order valence-corrected chi connectivity index (χ0v) is 20.8. The lowest BCUT2D eigenvalue weighted by Crippen LogP contribution is -2.41. The lowest BCUT2D eigenvalue weighted by atomic mass is 9.86. The van der Waals surface area contributed by atoms with E-state index in [9.17, 15) is 4.79 Å². The number of carbonyl (C=O) groups excluding carboxylic acids is 1. The molecule has 0 N–H and O–H groups in total. The number of nitrogens with zero attached hydrogens (tertiary/aromatic N) is 2. The number of rotatable bonds is 5. The van der Waals surface area contributed by atoms with Gasteiger partial charge in [-0.1, -0.05) is 53.2 Å². The van der Waals surface area contributed by atoms with Crippen molar-refractivity contribution in [3.63, 3.8) is 0 Å². The predicted octanol–water partition coefficient (Wildman–Crippen LogP) is 6.25. The van der Waals surface area contributed by atoms with Crippen LogP contribution in [0.15, 0.2) is 65.2 Å². The Morgan fingerprint density at radius 1 is 1.08 bits per heavy atom. The lowest BCUT2D eigenvalue weighted by Gasteiger charge is -2.38. The molecule has 2 heterocycles. The largest absolute Gasteiger partial charge is 0.493 e. The third-order valence-electron chi connectivity index (χ3n) is 6.53. The van der Waals surface area contributed by atoms with Gasteiger partial charge in [0.25, 0.3) is 5.91 Å². The molecule has 1 aliphatic rings. The molecule has 0 spiro atoms. The number of aromatic nitrogens is 1. The summed E-state index contributed by atoms with van der Waals surface area (Å²) in [7, 11) is 3.10. The highest BCUT2D eigenvalue weighted by atomic mass is 35.5. The van der Waals surface area contributed by atoms with E-state index < -0.39 is 11.9 Å². The van der Waals surface area contributed by atoms with Crippen molar-refractivity contribution in [1.82, 2.24) is 10.1 Å². The van der Waals surface area contributed by atoms with Crippen LogP contribution >= 0.6 is 11.6 Å². The summed E-state index contributed by atoms with van der Waals surface area (Å²) in [5.41, 5.74) is 3.39. The molecule has 0 saturated carbocycles. The molecule has 1 aliphatic heterocycles. The molecule has 1 unspecified atom stereocenters. The van der Waals surface area contributed by atoms with E-state index in [1.165, 1.54) is 13.2 Å². The molecule has 5 rings (SSSR count). The number of hydrogen-bond acceptors (Lipinski definition) is 5. The molecule has 1 atom stereocenters. The summed E-state index contributed by atoms with van der Waals surface area (Å²) in [5, 5.41) is 4.40. The third-order valence-corrected chi connectivity index (χ3v) is 6.86. The minimum Gasteiger partial charge on any atom is -0.493 e. The number of hydrogen-bond donors (Lipinski definition) is 0. The van der Waals surface area contributed by atoms with Gasteiger partial charge in [0.05, 0.1) is 20.3 Å². The van der Waals surface area contributed by atoms with Gasteiger partial charge < -0.3 is 18.9 Å². The second-order valence-corrected chi connectivity index (χ2v) is 8.93. The summed E-state index contributed by atoms with van der Waals surface area (Å²) >= 11 is 6.55. The van der Waals surface area contributed by atoms with Crippen LogP contribution in [-0.4, -0.2) is 36.7 Å². The summed E-state index contributed by atoms with van der Waals surface area (Å²) < 4.78 is 31.8. The molecule has 1 amide bonds. The SMILES string of the molecule is COc1cc2c(cc1OC)C(c1c(F)cccc1Cl)N(C(=O)c1c(-c3ccccc3)noc1C)CC2. The minimum atomic E-state index is -0.798. The molecule has 0 fully saturated rings. The van der Waals surface area contributed by atoms with Crippen molar-refractivity contribution in [2.24, 2.45) is 0 Å². The smallest absolute Gasteiger partial charge is 0.260 e. The zero-order chi connectivity index (χ0) is 25.4. The highest BCUT2D eigenvalue weighted by molar-refractivity contribution is 6.31. The van der Waals surface area contributed by atoms with Crippen molar-refractivity contribution in [1.29, 1.82) is 0 Å².